The molecule has 3 saturated heterocycles. The van der Waals surface area contributed by atoms with Crippen LogP contribution in [0.4, 0.5) is 0 Å². The summed E-state index contributed by atoms with van der Waals surface area (Å²) in [5.41, 5.74) is -3.37. The summed E-state index contributed by atoms with van der Waals surface area (Å²) >= 11 is 0. The number of ether oxygens (including phenoxy) is 6. The highest BCUT2D eigenvalue weighted by Gasteiger charge is 2.77. The van der Waals surface area contributed by atoms with Crippen molar-refractivity contribution >= 4 is 17.7 Å². The molecule has 0 unspecified atom stereocenters. The van der Waals surface area contributed by atoms with Gasteiger partial charge >= 0.3 is 0 Å². The highest BCUT2D eigenvalue weighted by molar-refractivity contribution is 5.97. The lowest BCUT2D eigenvalue weighted by Gasteiger charge is -2.62. The van der Waals surface area contributed by atoms with Crippen molar-refractivity contribution in [3.05, 3.63) is 115 Å². The molecule has 4 aromatic rings. The molecule has 27 heteroatoms. The Bertz CT molecular complexity index is 4460. The van der Waals surface area contributed by atoms with Crippen molar-refractivity contribution in [3.8, 4) is 34.5 Å². The summed E-state index contributed by atoms with van der Waals surface area (Å²) in [7, 11) is 4.67. The maximum Gasteiger partial charge on any atom is 0.251 e. The van der Waals surface area contributed by atoms with Crippen molar-refractivity contribution in [2.24, 2.45) is 17.8 Å². The van der Waals surface area contributed by atoms with E-state index in [9.17, 15) is 60.3 Å². The molecule has 3 saturated carbocycles. The number of nitrogens with zero attached hydrogens (tertiary/aromatic N) is 5. The van der Waals surface area contributed by atoms with Gasteiger partial charge in [0, 0.05) is 95.0 Å². The number of carbonyl (C=O) groups is 3. The number of aryl methyl sites for hydroxylation is 1. The van der Waals surface area contributed by atoms with E-state index in [1.54, 1.807) is 60.3 Å². The zero-order valence-corrected chi connectivity index (χ0v) is 62.5. The number of benzene rings is 3. The number of phenolic OH excluding ortho intramolecular Hbond substituents is 3. The number of aromatic nitrogens is 2. The Balaban J connectivity index is 0.000000118. The van der Waals surface area contributed by atoms with Crippen LogP contribution in [0, 0.1) is 24.7 Å². The number of hydrogen-bond acceptors (Lipinski definition) is 24. The smallest absolute Gasteiger partial charge is 0.251 e. The van der Waals surface area contributed by atoms with Gasteiger partial charge in [-0.05, 0) is 191 Å². The van der Waals surface area contributed by atoms with Crippen LogP contribution in [0.1, 0.15) is 157 Å². The molecule has 3 amide bonds. The van der Waals surface area contributed by atoms with E-state index in [1.807, 2.05) is 39.0 Å². The second-order valence-electron chi connectivity index (χ2n) is 35.2. The first kappa shape index (κ1) is 72.1. The lowest BCUT2D eigenvalue weighted by molar-refractivity contribution is -0.172. The fourth-order valence-corrected chi connectivity index (χ4v) is 21.9. The van der Waals surface area contributed by atoms with E-state index in [0.29, 0.717) is 86.0 Å². The third-order valence-corrected chi connectivity index (χ3v) is 27.2. The number of likely N-dealkylation sites (tertiary alicyclic amines) is 3. The number of carbonyl (C=O) groups excluding carboxylic acids is 3. The normalized spacial score (nSPS) is 33.0. The van der Waals surface area contributed by atoms with E-state index in [4.69, 9.17) is 32.9 Å². The minimum Gasteiger partial charge on any atom is -0.508 e. The lowest BCUT2D eigenvalue weighted by atomic mass is 9.49. The molecule has 15 aliphatic rings. The Morgan fingerprint density at radius 2 is 0.841 bits per heavy atom. The monoisotopic (exact) mass is 1480 g/mol. The number of methoxy groups -OCH3 is 3. The molecule has 107 heavy (non-hydrogen) atoms. The largest absolute Gasteiger partial charge is 0.508 e. The third kappa shape index (κ3) is 10.7. The number of aliphatic hydroxyl groups excluding tert-OH is 3. The van der Waals surface area contributed by atoms with Gasteiger partial charge in [0.15, 0.2) is 58.6 Å². The summed E-state index contributed by atoms with van der Waals surface area (Å²) in [5.74, 6) is 1.64. The highest BCUT2D eigenvalue weighted by Crippen LogP contribution is 2.70. The van der Waals surface area contributed by atoms with Gasteiger partial charge in [0.1, 0.15) is 22.8 Å². The number of piperidine rings is 3. The van der Waals surface area contributed by atoms with Crippen molar-refractivity contribution in [1.82, 2.24) is 40.8 Å². The standard InChI is InChI=1S/C27H32N4O6.C27H36N2O7.C26H34N2O6/c1-13-28-24(37-30-13)25(2,3)29-23(34)16-11-27(35)18-10-15-6-7-17(32)21-19(15)26(27,22(36-21)20(16)33)8-9-31(18)12-14-4-5-14;1-25(13-34-2,14-35-3)28-24(32)17-11-27(33)19-10-16-6-7-18(30)22-20(16)26(27,23(36-22)21(17)31)8-9-29(19)12-15-4-5-15;1-24(2,13-33-3)27-23(31)16-11-26(32)18-10-15-6-7-17(29)21-19(15)25(26,22(34-21)20(16)30)8-9-28(18)12-14-4-5-14/h6-7,14,18,22,32-33,35H,4-5,8-12H2,1-3H3,(H,29,34);6-7,15,19,23,30-31,33H,4-5,8-14H2,1-3H3,(H,28,32);6-7,14,18,22,29-30,32H,4-5,8-13H2,1-3H3,(H,27,31)/t18-,22+,26+,27-;19-,23+,26+,27-;18-,22+,25+,26-/m111/s1. The van der Waals surface area contributed by atoms with Gasteiger partial charge in [-0.3, -0.25) is 29.1 Å². The van der Waals surface area contributed by atoms with Crippen LogP contribution >= 0.6 is 0 Å². The maximum absolute atomic E-state index is 13.7. The van der Waals surface area contributed by atoms with Crippen LogP contribution in [0.5, 0.6) is 34.5 Å². The van der Waals surface area contributed by atoms with Crippen molar-refractivity contribution in [3.63, 3.8) is 0 Å². The fraction of sp³-hybridized carbons (Fsp3) is 0.637. The molecule has 27 nitrogen and oxygen atoms in total. The number of aromatic hydroxyl groups is 3. The van der Waals surface area contributed by atoms with Crippen LogP contribution in [0.2, 0.25) is 0 Å². The van der Waals surface area contributed by atoms with Gasteiger partial charge < -0.3 is 94.9 Å². The Morgan fingerprint density at radius 1 is 0.505 bits per heavy atom. The van der Waals surface area contributed by atoms with Crippen LogP contribution in [0.3, 0.4) is 0 Å². The Morgan fingerprint density at radius 3 is 1.16 bits per heavy atom. The SMILES string of the molecule is COCC(C)(C)NC(=O)C1=C(O)[C@@H]2Oc3c(O)ccc4c3[C@@]23CCN(CC2CC2)[C@H](C4)[C@]3(O)C1.COCC(C)(COC)NC(=O)C1=C(O)[C@@H]2Oc3c(O)ccc4c3[C@@]23CCN(CC2CC2)[C@H](C4)[C@]3(O)C1.Cc1noc(C(C)(C)NC(=O)C2=C(O)[C@@H]3Oc4c(O)ccc5c4[C@@]34CCN(CC3CC3)[C@H](C5)[C@]4(O)C2)n1. The molecule has 9 aliphatic carbocycles. The molecule has 576 valence electrons. The molecule has 7 heterocycles. The van der Waals surface area contributed by atoms with E-state index in [2.05, 4.69) is 40.8 Å². The highest BCUT2D eigenvalue weighted by atomic mass is 16.5. The van der Waals surface area contributed by atoms with Gasteiger partial charge in [-0.15, -0.1) is 0 Å². The van der Waals surface area contributed by atoms with E-state index >= 15 is 0 Å². The van der Waals surface area contributed by atoms with Crippen molar-refractivity contribution in [2.45, 2.75) is 224 Å². The minimum absolute atomic E-state index is 0.000933. The molecule has 12 atom stereocenters. The molecule has 1 aromatic heterocycles. The summed E-state index contributed by atoms with van der Waals surface area (Å²) in [6.45, 7) is 16.5. The first-order valence-electron chi connectivity index (χ1n) is 38.3. The first-order chi connectivity index (χ1) is 50.8. The van der Waals surface area contributed by atoms with E-state index in [1.165, 1.54) is 38.5 Å². The number of nitrogens with one attached hydrogen (secondary N) is 3. The molecule has 6 fully saturated rings. The molecule has 12 N–H and O–H groups in total. The van der Waals surface area contributed by atoms with Crippen LogP contribution in [-0.4, -0.2) is 233 Å². The number of phenols is 3. The summed E-state index contributed by atoms with van der Waals surface area (Å²) < 4.78 is 39.9. The quantitative estimate of drug-likeness (QED) is 0.0544. The van der Waals surface area contributed by atoms with Gasteiger partial charge in [-0.2, -0.15) is 4.98 Å². The predicted molar refractivity (Wildman–Crippen MR) is 384 cm³/mol. The van der Waals surface area contributed by atoms with E-state index < -0.39 is 85.7 Å². The number of rotatable bonds is 19. The molecule has 3 spiro atoms. The Kier molecular flexibility index (Phi) is 16.8. The predicted octanol–water partition coefficient (Wildman–Crippen LogP) is 5.59. The Hall–Kier alpha value is -7.73. The van der Waals surface area contributed by atoms with Gasteiger partial charge in [-0.1, -0.05) is 23.4 Å². The average molecular weight is 1480 g/mol. The second-order valence-corrected chi connectivity index (χ2v) is 35.2. The molecular formula is C80H102N8O19. The molecule has 0 radical (unpaired) electrons. The first-order valence-corrected chi connectivity index (χ1v) is 38.3. The summed E-state index contributed by atoms with van der Waals surface area (Å²) in [6.07, 6.45) is 7.98. The summed E-state index contributed by atoms with van der Waals surface area (Å²) in [5, 5.41) is 117. The van der Waals surface area contributed by atoms with Gasteiger partial charge in [0.2, 0.25) is 0 Å². The van der Waals surface area contributed by atoms with Crippen molar-refractivity contribution in [2.75, 3.05) is 80.4 Å². The number of hydrogen-bond donors (Lipinski definition) is 12. The van der Waals surface area contributed by atoms with Gasteiger partial charge in [0.05, 0.1) is 80.7 Å². The average Bonchev–Trinajstić information content (AvgIpc) is 1.58. The zero-order chi connectivity index (χ0) is 75.4. The van der Waals surface area contributed by atoms with E-state index in [0.717, 1.165) is 72.6 Å². The van der Waals surface area contributed by atoms with Crippen LogP contribution in [0.15, 0.2) is 74.9 Å². The van der Waals surface area contributed by atoms with E-state index in [-0.39, 0.29) is 108 Å². The number of aliphatic hydroxyl groups is 6. The third-order valence-electron chi connectivity index (χ3n) is 27.2. The second kappa shape index (κ2) is 24.9. The molecule has 3 aromatic carbocycles. The lowest BCUT2D eigenvalue weighted by Crippen LogP contribution is -2.76. The zero-order valence-electron chi connectivity index (χ0n) is 62.5. The van der Waals surface area contributed by atoms with Crippen molar-refractivity contribution in [1.29, 1.82) is 0 Å². The Labute approximate surface area is 621 Å². The molecular weight excluding hydrogens is 1380 g/mol. The number of amides is 3. The molecule has 6 aliphatic heterocycles. The van der Waals surface area contributed by atoms with Crippen LogP contribution in [-0.2, 0) is 69.6 Å². The minimum atomic E-state index is -1.36. The van der Waals surface area contributed by atoms with Crippen LogP contribution < -0.4 is 30.2 Å². The van der Waals surface area contributed by atoms with Gasteiger partial charge in [-0.25, -0.2) is 0 Å². The van der Waals surface area contributed by atoms with Crippen LogP contribution in [0.25, 0.3) is 0 Å². The van der Waals surface area contributed by atoms with Gasteiger partial charge in [0.25, 0.3) is 23.6 Å². The maximum atomic E-state index is 13.7. The summed E-state index contributed by atoms with van der Waals surface area (Å²) in [4.78, 5) is 52.1. The topological polar surface area (TPSA) is 373 Å². The molecule has 19 rings (SSSR count). The summed E-state index contributed by atoms with van der Waals surface area (Å²) in [6, 6.07) is 9.98. The molecule has 6 bridgehead atoms. The van der Waals surface area contributed by atoms with Crippen molar-refractivity contribution < 1.29 is 93.3 Å². The fourth-order valence-electron chi connectivity index (χ4n) is 21.9.